The van der Waals surface area contributed by atoms with Crippen LogP contribution in [0.25, 0.3) is 0 Å². The molecule has 0 saturated carbocycles. The fourth-order valence-electron chi connectivity index (χ4n) is 2.90. The summed E-state index contributed by atoms with van der Waals surface area (Å²) >= 11 is 0. The lowest BCUT2D eigenvalue weighted by Gasteiger charge is -2.34. The molecular weight excluding hydrogens is 233 g/mol. The molecule has 2 bridgehead atoms. The molecule has 2 saturated heterocycles. The first kappa shape index (κ1) is 11.7. The van der Waals surface area contributed by atoms with Gasteiger partial charge in [-0.15, -0.1) is 0 Å². The van der Waals surface area contributed by atoms with Crippen molar-refractivity contribution in [3.8, 4) is 0 Å². The number of ether oxygens (including phenoxy) is 1. The van der Waals surface area contributed by atoms with E-state index in [-0.39, 0.29) is 23.8 Å². The van der Waals surface area contributed by atoms with E-state index >= 15 is 0 Å². The molecule has 2 atom stereocenters. The van der Waals surface area contributed by atoms with Crippen molar-refractivity contribution in [3.63, 3.8) is 0 Å². The normalized spacial score (nSPS) is 26.4. The van der Waals surface area contributed by atoms with E-state index in [1.54, 1.807) is 12.1 Å². The minimum Gasteiger partial charge on any atom is -0.377 e. The molecule has 96 valence electrons. The Labute approximate surface area is 106 Å². The second kappa shape index (κ2) is 4.69. The number of amides is 1. The molecule has 3 nitrogen and oxygen atoms in total. The second-order valence-corrected chi connectivity index (χ2v) is 5.03. The lowest BCUT2D eigenvalue weighted by Crippen LogP contribution is -2.49. The van der Waals surface area contributed by atoms with Crippen LogP contribution < -0.4 is 0 Å². The van der Waals surface area contributed by atoms with E-state index in [2.05, 4.69) is 0 Å². The SMILES string of the molecule is O=C(Cc1ccc(F)cc1)N1C2CCC1COC2. The number of nitrogens with zero attached hydrogens (tertiary/aromatic N) is 1. The van der Waals surface area contributed by atoms with E-state index in [0.717, 1.165) is 18.4 Å². The number of hydrogen-bond acceptors (Lipinski definition) is 2. The van der Waals surface area contributed by atoms with E-state index in [1.165, 1.54) is 12.1 Å². The first-order valence-electron chi connectivity index (χ1n) is 6.37. The number of benzene rings is 1. The molecule has 0 radical (unpaired) electrons. The van der Waals surface area contributed by atoms with Gasteiger partial charge in [-0.3, -0.25) is 4.79 Å². The van der Waals surface area contributed by atoms with Crippen molar-refractivity contribution >= 4 is 5.91 Å². The average molecular weight is 249 g/mol. The maximum atomic E-state index is 12.8. The lowest BCUT2D eigenvalue weighted by molar-refractivity contribution is -0.140. The third-order valence-electron chi connectivity index (χ3n) is 3.80. The zero-order chi connectivity index (χ0) is 12.5. The fraction of sp³-hybridized carbons (Fsp3) is 0.500. The van der Waals surface area contributed by atoms with Crippen molar-refractivity contribution in [2.45, 2.75) is 31.3 Å². The molecule has 2 aliphatic rings. The summed E-state index contributed by atoms with van der Waals surface area (Å²) in [5.74, 6) is -0.130. The van der Waals surface area contributed by atoms with Crippen LogP contribution in [0.2, 0.25) is 0 Å². The minimum atomic E-state index is -0.266. The molecule has 0 aromatic heterocycles. The van der Waals surface area contributed by atoms with Gasteiger partial charge >= 0.3 is 0 Å². The summed E-state index contributed by atoms with van der Waals surface area (Å²) in [6.45, 7) is 1.32. The largest absolute Gasteiger partial charge is 0.377 e. The summed E-state index contributed by atoms with van der Waals surface area (Å²) in [5.41, 5.74) is 0.868. The highest BCUT2D eigenvalue weighted by atomic mass is 19.1. The third kappa shape index (κ3) is 2.12. The molecule has 2 fully saturated rings. The average Bonchev–Trinajstić information content (AvgIpc) is 2.62. The predicted octanol–water partition coefficient (Wildman–Crippen LogP) is 1.76. The third-order valence-corrected chi connectivity index (χ3v) is 3.80. The molecule has 0 N–H and O–H groups in total. The lowest BCUT2D eigenvalue weighted by atomic mass is 10.1. The topological polar surface area (TPSA) is 29.5 Å². The Kier molecular flexibility index (Phi) is 3.04. The van der Waals surface area contributed by atoms with Gasteiger partial charge in [0.05, 0.1) is 31.7 Å². The van der Waals surface area contributed by atoms with Crippen molar-refractivity contribution < 1.29 is 13.9 Å². The van der Waals surface area contributed by atoms with E-state index < -0.39 is 0 Å². The Bertz CT molecular complexity index is 430. The number of halogens is 1. The second-order valence-electron chi connectivity index (χ2n) is 5.03. The van der Waals surface area contributed by atoms with E-state index in [4.69, 9.17) is 4.74 Å². The summed E-state index contributed by atoms with van der Waals surface area (Å²) in [5, 5.41) is 0. The van der Waals surface area contributed by atoms with Crippen LogP contribution in [0.4, 0.5) is 4.39 Å². The summed E-state index contributed by atoms with van der Waals surface area (Å²) in [6.07, 6.45) is 2.44. The Morgan fingerprint density at radius 1 is 1.22 bits per heavy atom. The van der Waals surface area contributed by atoms with Crippen LogP contribution in [0.15, 0.2) is 24.3 Å². The zero-order valence-corrected chi connectivity index (χ0v) is 10.1. The van der Waals surface area contributed by atoms with Crippen LogP contribution in [-0.2, 0) is 16.0 Å². The molecule has 0 spiro atoms. The number of rotatable bonds is 2. The van der Waals surface area contributed by atoms with Crippen LogP contribution in [0.3, 0.4) is 0 Å². The first-order chi connectivity index (χ1) is 8.74. The van der Waals surface area contributed by atoms with Crippen molar-refractivity contribution in [1.29, 1.82) is 0 Å². The number of morpholine rings is 1. The molecule has 2 heterocycles. The molecule has 18 heavy (non-hydrogen) atoms. The Balaban J connectivity index is 1.70. The van der Waals surface area contributed by atoms with Gasteiger partial charge in [0.15, 0.2) is 0 Å². The number of hydrogen-bond donors (Lipinski definition) is 0. The van der Waals surface area contributed by atoms with Gasteiger partial charge in [-0.2, -0.15) is 0 Å². The first-order valence-corrected chi connectivity index (χ1v) is 6.37. The summed E-state index contributed by atoms with van der Waals surface area (Å²) in [7, 11) is 0. The van der Waals surface area contributed by atoms with E-state index in [1.807, 2.05) is 4.90 Å². The van der Waals surface area contributed by atoms with Gasteiger partial charge in [0, 0.05) is 0 Å². The molecule has 4 heteroatoms. The molecule has 3 rings (SSSR count). The fourth-order valence-corrected chi connectivity index (χ4v) is 2.90. The van der Waals surface area contributed by atoms with Crippen LogP contribution in [0.1, 0.15) is 18.4 Å². The smallest absolute Gasteiger partial charge is 0.227 e. The van der Waals surface area contributed by atoms with Gasteiger partial charge in [0.25, 0.3) is 0 Å². The quantitative estimate of drug-likeness (QED) is 0.799. The molecular formula is C14H16FNO2. The number of carbonyl (C=O) groups excluding carboxylic acids is 1. The Morgan fingerprint density at radius 3 is 2.44 bits per heavy atom. The summed E-state index contributed by atoms with van der Waals surface area (Å²) < 4.78 is 18.3. The van der Waals surface area contributed by atoms with Gasteiger partial charge in [-0.05, 0) is 30.5 Å². The Morgan fingerprint density at radius 2 is 1.83 bits per heavy atom. The van der Waals surface area contributed by atoms with Gasteiger partial charge in [-0.25, -0.2) is 4.39 Å². The monoisotopic (exact) mass is 249 g/mol. The number of carbonyl (C=O) groups is 1. The van der Waals surface area contributed by atoms with Crippen molar-refractivity contribution in [1.82, 2.24) is 4.90 Å². The molecule has 1 aromatic carbocycles. The zero-order valence-electron chi connectivity index (χ0n) is 10.1. The molecule has 1 aromatic rings. The van der Waals surface area contributed by atoms with Crippen LogP contribution in [0, 0.1) is 5.82 Å². The van der Waals surface area contributed by atoms with E-state index in [9.17, 15) is 9.18 Å². The van der Waals surface area contributed by atoms with Gasteiger partial charge in [0.1, 0.15) is 5.82 Å². The molecule has 1 amide bonds. The van der Waals surface area contributed by atoms with Gasteiger partial charge in [0.2, 0.25) is 5.91 Å². The van der Waals surface area contributed by atoms with Crippen LogP contribution in [-0.4, -0.2) is 36.1 Å². The van der Waals surface area contributed by atoms with Gasteiger partial charge < -0.3 is 9.64 Å². The maximum Gasteiger partial charge on any atom is 0.227 e. The number of fused-ring (bicyclic) bond motifs is 2. The van der Waals surface area contributed by atoms with Crippen molar-refractivity contribution in [2.24, 2.45) is 0 Å². The highest BCUT2D eigenvalue weighted by Gasteiger charge is 2.39. The van der Waals surface area contributed by atoms with E-state index in [0.29, 0.717) is 19.6 Å². The van der Waals surface area contributed by atoms with Crippen LogP contribution >= 0.6 is 0 Å². The standard InChI is InChI=1S/C14H16FNO2/c15-11-3-1-10(2-4-11)7-14(17)16-12-5-6-13(16)9-18-8-12/h1-4,12-13H,5-9H2. The summed E-state index contributed by atoms with van der Waals surface area (Å²) in [6, 6.07) is 6.64. The Hall–Kier alpha value is -1.42. The van der Waals surface area contributed by atoms with Crippen molar-refractivity contribution in [3.05, 3.63) is 35.6 Å². The summed E-state index contributed by atoms with van der Waals surface area (Å²) in [4.78, 5) is 14.3. The maximum absolute atomic E-state index is 12.8. The predicted molar refractivity (Wildman–Crippen MR) is 64.6 cm³/mol. The minimum absolute atomic E-state index is 0.136. The highest BCUT2D eigenvalue weighted by Crippen LogP contribution is 2.29. The van der Waals surface area contributed by atoms with Gasteiger partial charge in [-0.1, -0.05) is 12.1 Å². The van der Waals surface area contributed by atoms with Crippen molar-refractivity contribution in [2.75, 3.05) is 13.2 Å². The molecule has 2 unspecified atom stereocenters. The molecule has 0 aliphatic carbocycles. The highest BCUT2D eigenvalue weighted by molar-refractivity contribution is 5.79. The van der Waals surface area contributed by atoms with Crippen LogP contribution in [0.5, 0.6) is 0 Å². The molecule has 2 aliphatic heterocycles.